The van der Waals surface area contributed by atoms with Crippen molar-refractivity contribution in [3.05, 3.63) is 60.4 Å². The summed E-state index contributed by atoms with van der Waals surface area (Å²) < 4.78 is 74.6. The highest BCUT2D eigenvalue weighted by Gasteiger charge is 2.37. The van der Waals surface area contributed by atoms with E-state index in [1.165, 1.54) is 29.1 Å². The third-order valence-electron chi connectivity index (χ3n) is 4.75. The Morgan fingerprint density at radius 1 is 1.24 bits per heavy atom. The van der Waals surface area contributed by atoms with Gasteiger partial charge in [-0.2, -0.15) is 13.2 Å². The van der Waals surface area contributed by atoms with Gasteiger partial charge in [0.25, 0.3) is 10.0 Å². The first-order valence-corrected chi connectivity index (χ1v) is 10.8. The van der Waals surface area contributed by atoms with Gasteiger partial charge in [0.2, 0.25) is 0 Å². The molecule has 0 saturated heterocycles. The van der Waals surface area contributed by atoms with E-state index < -0.39 is 38.9 Å². The number of amides is 1. The third kappa shape index (κ3) is 4.69. The number of alkyl halides is 3. The lowest BCUT2D eigenvalue weighted by molar-refractivity contribution is -0.137. The van der Waals surface area contributed by atoms with Gasteiger partial charge in [-0.15, -0.1) is 5.10 Å². The third-order valence-corrected chi connectivity index (χ3v) is 6.53. The van der Waals surface area contributed by atoms with Crippen LogP contribution in [0.1, 0.15) is 5.56 Å². The molecule has 2 N–H and O–H groups in total. The van der Waals surface area contributed by atoms with E-state index in [0.29, 0.717) is 6.07 Å². The van der Waals surface area contributed by atoms with Gasteiger partial charge in [0, 0.05) is 11.9 Å². The number of ether oxygens (including phenoxy) is 1. The molecular weight excluding hydrogens is 467 g/mol. The zero-order valence-corrected chi connectivity index (χ0v) is 17.4. The Labute approximate surface area is 185 Å². The Bertz CT molecular complexity index is 1280. The number of carbonyl (C=O) groups is 1. The number of carboxylic acid groups (broad SMARTS) is 1. The molecule has 2 heterocycles. The number of halogens is 3. The van der Waals surface area contributed by atoms with Gasteiger partial charge < -0.3 is 9.84 Å². The fourth-order valence-electron chi connectivity index (χ4n) is 3.33. The van der Waals surface area contributed by atoms with E-state index in [1.54, 1.807) is 6.20 Å². The van der Waals surface area contributed by atoms with E-state index in [0.717, 1.165) is 22.5 Å². The molecule has 1 aromatic heterocycles. The first kappa shape index (κ1) is 22.4. The van der Waals surface area contributed by atoms with Crippen LogP contribution in [0.2, 0.25) is 0 Å². The van der Waals surface area contributed by atoms with Crippen LogP contribution in [-0.4, -0.2) is 47.3 Å². The van der Waals surface area contributed by atoms with Crippen molar-refractivity contribution in [2.45, 2.75) is 23.7 Å². The summed E-state index contributed by atoms with van der Waals surface area (Å²) in [6, 6.07) is 7.38. The number of sulfonamides is 1. The minimum Gasteiger partial charge on any atom is -0.484 e. The van der Waals surface area contributed by atoms with Crippen molar-refractivity contribution in [3.8, 4) is 5.75 Å². The first-order valence-electron chi connectivity index (χ1n) is 9.39. The molecule has 1 amide bonds. The van der Waals surface area contributed by atoms with Gasteiger partial charge in [-0.25, -0.2) is 17.9 Å². The average Bonchev–Trinajstić information content (AvgIpc) is 3.25. The molecule has 10 nitrogen and oxygen atoms in total. The molecule has 2 aromatic carbocycles. The summed E-state index contributed by atoms with van der Waals surface area (Å²) in [4.78, 5) is 10.4. The number of nitrogens with one attached hydrogen (secondary N) is 1. The molecule has 1 atom stereocenters. The van der Waals surface area contributed by atoms with E-state index in [2.05, 4.69) is 15.6 Å². The van der Waals surface area contributed by atoms with Gasteiger partial charge >= 0.3 is 12.3 Å². The molecule has 0 aliphatic carbocycles. The molecule has 33 heavy (non-hydrogen) atoms. The van der Waals surface area contributed by atoms with Crippen LogP contribution in [0.3, 0.4) is 0 Å². The second kappa shape index (κ2) is 8.27. The number of fused-ring (bicyclic) bond motifs is 1. The average molecular weight is 483 g/mol. The minimum absolute atomic E-state index is 0.0199. The molecule has 174 valence electrons. The number of nitrogens with zero attached hydrogens (tertiary/aromatic N) is 4. The van der Waals surface area contributed by atoms with E-state index in [4.69, 9.17) is 9.84 Å². The van der Waals surface area contributed by atoms with Gasteiger partial charge in [-0.3, -0.25) is 9.62 Å². The van der Waals surface area contributed by atoms with Gasteiger partial charge in [0.15, 0.2) is 0 Å². The topological polar surface area (TPSA) is 127 Å². The lowest BCUT2D eigenvalue weighted by Gasteiger charge is -2.35. The summed E-state index contributed by atoms with van der Waals surface area (Å²) in [7, 11) is -4.48. The van der Waals surface area contributed by atoms with Crippen LogP contribution in [0.25, 0.3) is 0 Å². The highest BCUT2D eigenvalue weighted by Crippen LogP contribution is 2.40. The SMILES string of the molecule is O=C(O)Nc1ccc2c(c1)N(S(=O)(=O)c1cccc(C(F)(F)F)c1)CC(Cn1ccnn1)O2. The van der Waals surface area contributed by atoms with Crippen LogP contribution in [0, 0.1) is 0 Å². The fraction of sp³-hybridized carbons (Fsp3) is 0.211. The van der Waals surface area contributed by atoms with Crippen LogP contribution in [-0.2, 0) is 22.7 Å². The van der Waals surface area contributed by atoms with E-state index in [1.807, 2.05) is 0 Å². The molecule has 0 saturated carbocycles. The van der Waals surface area contributed by atoms with Gasteiger partial charge in [-0.05, 0) is 36.4 Å². The molecule has 0 fully saturated rings. The van der Waals surface area contributed by atoms with E-state index >= 15 is 0 Å². The Morgan fingerprint density at radius 2 is 2.03 bits per heavy atom. The zero-order valence-electron chi connectivity index (χ0n) is 16.6. The molecule has 1 aliphatic heterocycles. The highest BCUT2D eigenvalue weighted by atomic mass is 32.2. The van der Waals surface area contributed by atoms with Crippen molar-refractivity contribution < 1.29 is 36.2 Å². The summed E-state index contributed by atoms with van der Waals surface area (Å²) in [5.74, 6) is 0.109. The zero-order chi connectivity index (χ0) is 23.8. The van der Waals surface area contributed by atoms with Crippen molar-refractivity contribution in [3.63, 3.8) is 0 Å². The predicted molar refractivity (Wildman–Crippen MR) is 109 cm³/mol. The first-order chi connectivity index (χ1) is 15.5. The molecule has 3 aromatic rings. The number of hydrogen-bond donors (Lipinski definition) is 2. The molecule has 14 heteroatoms. The normalized spacial score (nSPS) is 16.1. The summed E-state index contributed by atoms with van der Waals surface area (Å²) in [6.07, 6.45) is -3.88. The minimum atomic E-state index is -4.73. The van der Waals surface area contributed by atoms with E-state index in [9.17, 15) is 26.4 Å². The van der Waals surface area contributed by atoms with Crippen LogP contribution in [0.4, 0.5) is 29.3 Å². The molecule has 4 rings (SSSR count). The van der Waals surface area contributed by atoms with Crippen molar-refractivity contribution in [1.82, 2.24) is 15.0 Å². The summed E-state index contributed by atoms with van der Waals surface area (Å²) in [5, 5.41) is 18.6. The van der Waals surface area contributed by atoms with Crippen LogP contribution in [0.15, 0.2) is 59.8 Å². The van der Waals surface area contributed by atoms with Gasteiger partial charge in [0.05, 0.1) is 35.4 Å². The van der Waals surface area contributed by atoms with Crippen molar-refractivity contribution in [1.29, 1.82) is 0 Å². The maximum Gasteiger partial charge on any atom is 0.416 e. The lowest BCUT2D eigenvalue weighted by Crippen LogP contribution is -2.45. The monoisotopic (exact) mass is 483 g/mol. The van der Waals surface area contributed by atoms with Gasteiger partial charge in [-0.1, -0.05) is 11.3 Å². The fourth-order valence-corrected chi connectivity index (χ4v) is 4.88. The maximum absolute atomic E-state index is 13.4. The Morgan fingerprint density at radius 3 is 2.70 bits per heavy atom. The number of rotatable bonds is 5. The Hall–Kier alpha value is -3.81. The maximum atomic E-state index is 13.4. The molecule has 0 bridgehead atoms. The molecule has 0 radical (unpaired) electrons. The van der Waals surface area contributed by atoms with Crippen LogP contribution in [0.5, 0.6) is 5.75 Å². The van der Waals surface area contributed by atoms with E-state index in [-0.39, 0.29) is 30.2 Å². The van der Waals surface area contributed by atoms with Crippen molar-refractivity contribution >= 4 is 27.5 Å². The summed E-state index contributed by atoms with van der Waals surface area (Å²) in [5.41, 5.74) is -1.07. The van der Waals surface area contributed by atoms with Crippen LogP contribution < -0.4 is 14.4 Å². The smallest absolute Gasteiger partial charge is 0.416 e. The quantitative estimate of drug-likeness (QED) is 0.571. The lowest BCUT2D eigenvalue weighted by atomic mass is 10.2. The molecular formula is C19H16F3N5O5S. The summed E-state index contributed by atoms with van der Waals surface area (Å²) in [6.45, 7) is -0.148. The molecule has 1 unspecified atom stereocenters. The number of anilines is 2. The highest BCUT2D eigenvalue weighted by molar-refractivity contribution is 7.92. The Balaban J connectivity index is 1.78. The number of hydrogen-bond acceptors (Lipinski definition) is 6. The summed E-state index contributed by atoms with van der Waals surface area (Å²) >= 11 is 0. The van der Waals surface area contributed by atoms with Gasteiger partial charge in [0.1, 0.15) is 11.9 Å². The largest absolute Gasteiger partial charge is 0.484 e. The molecule has 0 spiro atoms. The standard InChI is InChI=1S/C19H16F3N5O5S/c20-19(21,22)12-2-1-3-15(8-12)33(30,31)27-11-14(10-26-7-6-23-25-26)32-17-5-4-13(9-16(17)27)24-18(28)29/h1-9,14,24H,10-11H2,(H,28,29). The second-order valence-electron chi connectivity index (χ2n) is 7.04. The predicted octanol–water partition coefficient (Wildman–Crippen LogP) is 3.04. The van der Waals surface area contributed by atoms with Crippen molar-refractivity contribution in [2.24, 2.45) is 0 Å². The number of aromatic nitrogens is 3. The van der Waals surface area contributed by atoms with Crippen molar-refractivity contribution in [2.75, 3.05) is 16.2 Å². The van der Waals surface area contributed by atoms with Crippen LogP contribution >= 0.6 is 0 Å². The Kier molecular flexibility index (Phi) is 5.61. The second-order valence-corrected chi connectivity index (χ2v) is 8.90. The molecule has 1 aliphatic rings. The number of benzene rings is 2.